The van der Waals surface area contributed by atoms with E-state index >= 15 is 0 Å². The lowest BCUT2D eigenvalue weighted by molar-refractivity contribution is -0.119. The van der Waals surface area contributed by atoms with Crippen LogP contribution in [0.4, 0.5) is 0 Å². The second kappa shape index (κ2) is 10.4. The van der Waals surface area contributed by atoms with Gasteiger partial charge in [-0.1, -0.05) is 43.7 Å². The Morgan fingerprint density at radius 1 is 1.27 bits per heavy atom. The fraction of sp³-hybridized carbons (Fsp3) is 0.524. The van der Waals surface area contributed by atoms with Crippen LogP contribution >= 0.6 is 27.7 Å². The molecule has 0 radical (unpaired) electrons. The van der Waals surface area contributed by atoms with E-state index in [0.717, 1.165) is 10.9 Å². The minimum atomic E-state index is -0.326. The molecule has 1 saturated carbocycles. The van der Waals surface area contributed by atoms with E-state index in [2.05, 4.69) is 43.7 Å². The Morgan fingerprint density at radius 3 is 2.73 bits per heavy atom. The molecule has 1 aliphatic carbocycles. The maximum absolute atomic E-state index is 12.5. The Balaban J connectivity index is 1.55. The van der Waals surface area contributed by atoms with E-state index in [9.17, 15) is 9.59 Å². The molecule has 1 fully saturated rings. The predicted molar refractivity (Wildman–Crippen MR) is 121 cm³/mol. The van der Waals surface area contributed by atoms with Crippen molar-refractivity contribution in [2.45, 2.75) is 56.8 Å². The number of hydrogen-bond donors (Lipinski definition) is 2. The summed E-state index contributed by atoms with van der Waals surface area (Å²) < 4.78 is 2.56. The monoisotopic (exact) mass is 493 g/mol. The van der Waals surface area contributed by atoms with Gasteiger partial charge in [-0.05, 0) is 53.7 Å². The maximum Gasteiger partial charge on any atom is 0.253 e. The van der Waals surface area contributed by atoms with Gasteiger partial charge < -0.3 is 15.2 Å². The fourth-order valence-electron chi connectivity index (χ4n) is 3.72. The third kappa shape index (κ3) is 5.63. The molecule has 3 atom stereocenters. The molecule has 2 N–H and O–H groups in total. The maximum atomic E-state index is 12.5. The summed E-state index contributed by atoms with van der Waals surface area (Å²) in [5.74, 6) is 1.31. The van der Waals surface area contributed by atoms with Gasteiger partial charge in [0, 0.05) is 17.6 Å². The van der Waals surface area contributed by atoms with Gasteiger partial charge in [0.25, 0.3) is 5.91 Å². The summed E-state index contributed by atoms with van der Waals surface area (Å²) in [6.45, 7) is 4.07. The van der Waals surface area contributed by atoms with Crippen LogP contribution in [-0.2, 0) is 11.8 Å². The molecule has 0 spiro atoms. The fourth-order valence-corrected chi connectivity index (χ4v) is 4.92. The van der Waals surface area contributed by atoms with E-state index in [0.29, 0.717) is 28.2 Å². The molecular weight excluding hydrogens is 466 g/mol. The zero-order valence-corrected chi connectivity index (χ0v) is 19.9. The molecule has 3 rings (SSSR count). The summed E-state index contributed by atoms with van der Waals surface area (Å²) in [5.41, 5.74) is 0.565. The zero-order chi connectivity index (χ0) is 21.7. The van der Waals surface area contributed by atoms with Crippen molar-refractivity contribution in [3.8, 4) is 0 Å². The lowest BCUT2D eigenvalue weighted by Crippen LogP contribution is -2.41. The molecule has 0 saturated heterocycles. The van der Waals surface area contributed by atoms with Gasteiger partial charge in [-0.15, -0.1) is 10.2 Å². The van der Waals surface area contributed by atoms with Crippen LogP contribution in [0.5, 0.6) is 0 Å². The summed E-state index contributed by atoms with van der Waals surface area (Å²) in [7, 11) is 1.85. The van der Waals surface area contributed by atoms with E-state index in [-0.39, 0.29) is 23.9 Å². The molecule has 1 aliphatic rings. The van der Waals surface area contributed by atoms with E-state index in [1.807, 2.05) is 36.7 Å². The van der Waals surface area contributed by atoms with Gasteiger partial charge >= 0.3 is 0 Å². The average molecular weight is 494 g/mol. The summed E-state index contributed by atoms with van der Waals surface area (Å²) in [4.78, 5) is 24.9. The molecule has 2 aromatic rings. The summed E-state index contributed by atoms with van der Waals surface area (Å²) in [5, 5.41) is 15.2. The van der Waals surface area contributed by atoms with Crippen molar-refractivity contribution in [3.63, 3.8) is 0 Å². The molecule has 0 aliphatic heterocycles. The smallest absolute Gasteiger partial charge is 0.253 e. The first-order chi connectivity index (χ1) is 14.4. The van der Waals surface area contributed by atoms with E-state index in [1.165, 1.54) is 31.0 Å². The Morgan fingerprint density at radius 2 is 2.00 bits per heavy atom. The number of rotatable bonds is 7. The molecule has 1 aromatic carbocycles. The standard InChI is InChI=1S/C21H28BrN5O2S/c1-13-8-4-7-11-17(13)24-18(28)12-30-21-26-25-19(27(21)3)14(2)23-20(29)15-9-5-6-10-16(15)22/h5-6,9-10,13-14,17H,4,7-8,11-12H2,1-3H3,(H,23,29)(H,24,28)/t13-,14+,17+/m0/s1. The van der Waals surface area contributed by atoms with Gasteiger partial charge in [0.1, 0.15) is 0 Å². The van der Waals surface area contributed by atoms with Crippen LogP contribution in [0.2, 0.25) is 0 Å². The number of nitrogens with one attached hydrogen (secondary N) is 2. The topological polar surface area (TPSA) is 88.9 Å². The molecule has 162 valence electrons. The summed E-state index contributed by atoms with van der Waals surface area (Å²) >= 11 is 4.76. The normalized spacial score (nSPS) is 19.9. The zero-order valence-electron chi connectivity index (χ0n) is 17.5. The van der Waals surface area contributed by atoms with Gasteiger partial charge in [-0.25, -0.2) is 0 Å². The summed E-state index contributed by atoms with van der Waals surface area (Å²) in [6.07, 6.45) is 4.66. The molecule has 30 heavy (non-hydrogen) atoms. The third-order valence-corrected chi connectivity index (χ3v) is 7.22. The van der Waals surface area contributed by atoms with Crippen molar-refractivity contribution >= 4 is 39.5 Å². The highest BCUT2D eigenvalue weighted by Crippen LogP contribution is 2.24. The largest absolute Gasteiger partial charge is 0.352 e. The number of benzene rings is 1. The van der Waals surface area contributed by atoms with Crippen LogP contribution in [0.15, 0.2) is 33.9 Å². The predicted octanol–water partition coefficient (Wildman–Crippen LogP) is 3.86. The van der Waals surface area contributed by atoms with Crippen molar-refractivity contribution in [2.24, 2.45) is 13.0 Å². The van der Waals surface area contributed by atoms with E-state index in [4.69, 9.17) is 0 Å². The first kappa shape index (κ1) is 22.8. The minimum absolute atomic E-state index is 0.0265. The van der Waals surface area contributed by atoms with Crippen LogP contribution < -0.4 is 10.6 Å². The highest BCUT2D eigenvalue weighted by molar-refractivity contribution is 9.10. The van der Waals surface area contributed by atoms with Gasteiger partial charge in [-0.3, -0.25) is 9.59 Å². The Kier molecular flexibility index (Phi) is 7.93. The number of aromatic nitrogens is 3. The first-order valence-electron chi connectivity index (χ1n) is 10.2. The second-order valence-corrected chi connectivity index (χ2v) is 9.60. The highest BCUT2D eigenvalue weighted by atomic mass is 79.9. The molecule has 1 heterocycles. The molecule has 9 heteroatoms. The quantitative estimate of drug-likeness (QED) is 0.571. The number of hydrogen-bond acceptors (Lipinski definition) is 5. The lowest BCUT2D eigenvalue weighted by atomic mass is 9.86. The van der Waals surface area contributed by atoms with Crippen LogP contribution in [0, 0.1) is 5.92 Å². The number of nitrogens with zero attached hydrogens (tertiary/aromatic N) is 3. The van der Waals surface area contributed by atoms with Crippen molar-refractivity contribution in [3.05, 3.63) is 40.1 Å². The van der Waals surface area contributed by atoms with Crippen LogP contribution in [0.25, 0.3) is 0 Å². The summed E-state index contributed by atoms with van der Waals surface area (Å²) in [6, 6.07) is 7.22. The van der Waals surface area contributed by atoms with Crippen LogP contribution in [0.3, 0.4) is 0 Å². The number of thioether (sulfide) groups is 1. The average Bonchev–Trinajstić information content (AvgIpc) is 3.09. The van der Waals surface area contributed by atoms with Crippen molar-refractivity contribution in [1.29, 1.82) is 0 Å². The Labute approximate surface area is 189 Å². The highest BCUT2D eigenvalue weighted by Gasteiger charge is 2.24. The first-order valence-corrected chi connectivity index (χ1v) is 12.0. The molecule has 7 nitrogen and oxygen atoms in total. The molecule has 2 amide bonds. The number of carbonyl (C=O) groups excluding carboxylic acids is 2. The minimum Gasteiger partial charge on any atom is -0.352 e. The van der Waals surface area contributed by atoms with Gasteiger partial charge in [0.15, 0.2) is 11.0 Å². The second-order valence-electron chi connectivity index (χ2n) is 7.80. The Bertz CT molecular complexity index is 903. The number of halogens is 1. The van der Waals surface area contributed by atoms with E-state index < -0.39 is 0 Å². The molecular formula is C21H28BrN5O2S. The van der Waals surface area contributed by atoms with Crippen molar-refractivity contribution in [2.75, 3.05) is 5.75 Å². The van der Waals surface area contributed by atoms with Gasteiger partial charge in [-0.2, -0.15) is 0 Å². The van der Waals surface area contributed by atoms with Gasteiger partial charge in [0.2, 0.25) is 5.91 Å². The van der Waals surface area contributed by atoms with Crippen molar-refractivity contribution < 1.29 is 9.59 Å². The third-order valence-electron chi connectivity index (χ3n) is 5.51. The number of carbonyl (C=O) groups is 2. The Hall–Kier alpha value is -1.87. The molecule has 0 bridgehead atoms. The molecule has 1 aromatic heterocycles. The van der Waals surface area contributed by atoms with Crippen LogP contribution in [-0.4, -0.2) is 38.4 Å². The SMILES string of the molecule is C[C@@H](NC(=O)c1ccccc1Br)c1nnc(SCC(=O)N[C@@H]2CCCC[C@@H]2C)n1C. The lowest BCUT2D eigenvalue weighted by Gasteiger charge is -2.29. The van der Waals surface area contributed by atoms with Gasteiger partial charge in [0.05, 0.1) is 17.4 Å². The molecule has 0 unspecified atom stereocenters. The van der Waals surface area contributed by atoms with Crippen molar-refractivity contribution in [1.82, 2.24) is 25.4 Å². The van der Waals surface area contributed by atoms with Crippen LogP contribution in [0.1, 0.15) is 61.8 Å². The number of amides is 2. The van der Waals surface area contributed by atoms with E-state index in [1.54, 1.807) is 6.07 Å².